The maximum Gasteiger partial charge on any atom is 0.357 e. The van der Waals surface area contributed by atoms with E-state index in [1.165, 1.54) is 38.4 Å². The highest BCUT2D eigenvalue weighted by molar-refractivity contribution is 5.99. The average Bonchev–Trinajstić information content (AvgIpc) is 3.13. The van der Waals surface area contributed by atoms with Crippen LogP contribution in [0.4, 0.5) is 0 Å². The van der Waals surface area contributed by atoms with Crippen LogP contribution in [-0.4, -0.2) is 73.2 Å². The summed E-state index contributed by atoms with van der Waals surface area (Å²) in [4.78, 5) is 81.6. The third-order valence-electron chi connectivity index (χ3n) is 7.48. The standard InChI is InChI=1S/C35H36N2O12/c1-20(2)32(40)48-28-21(3)47-34(42)25(18-45-33(41)24(28)17-22-11-7-5-8-12-22)37-31(39)27-30(26(44-4)15-16-36-27)49-35(43)29(46-19-38)23-13-9-6-10-14-23/h5-16,19-21,24-25,28-29H,17-18H2,1-4H3,(H,37,39)/t21-,24+,25-,28-,29+/m0/s1. The molecule has 2 aromatic carbocycles. The first-order valence-corrected chi connectivity index (χ1v) is 15.3. The van der Waals surface area contributed by atoms with Crippen molar-refractivity contribution in [3.63, 3.8) is 0 Å². The summed E-state index contributed by atoms with van der Waals surface area (Å²) in [6, 6.07) is 16.7. The highest BCUT2D eigenvalue weighted by Crippen LogP contribution is 2.32. The number of cyclic esters (lactones) is 2. The first kappa shape index (κ1) is 36.1. The van der Waals surface area contributed by atoms with Crippen LogP contribution in [0, 0.1) is 11.8 Å². The Kier molecular flexibility index (Phi) is 12.4. The van der Waals surface area contributed by atoms with Crippen molar-refractivity contribution in [1.29, 1.82) is 0 Å². The maximum atomic E-state index is 13.6. The smallest absolute Gasteiger partial charge is 0.357 e. The fourth-order valence-electron chi connectivity index (χ4n) is 4.94. The van der Waals surface area contributed by atoms with Crippen molar-refractivity contribution in [2.45, 2.75) is 51.5 Å². The molecule has 1 saturated heterocycles. The van der Waals surface area contributed by atoms with Crippen molar-refractivity contribution in [2.75, 3.05) is 13.7 Å². The molecule has 14 heteroatoms. The van der Waals surface area contributed by atoms with Crippen LogP contribution in [0.15, 0.2) is 72.9 Å². The molecule has 3 aromatic rings. The summed E-state index contributed by atoms with van der Waals surface area (Å²) in [6.45, 7) is 4.15. The minimum absolute atomic E-state index is 0.0802. The van der Waals surface area contributed by atoms with E-state index < -0.39 is 84.0 Å². The lowest BCUT2D eigenvalue weighted by Gasteiger charge is -2.29. The molecule has 0 saturated carbocycles. The molecular weight excluding hydrogens is 640 g/mol. The lowest BCUT2D eigenvalue weighted by molar-refractivity contribution is -0.176. The molecule has 5 atom stereocenters. The van der Waals surface area contributed by atoms with Gasteiger partial charge in [0.25, 0.3) is 12.4 Å². The average molecular weight is 677 g/mol. The van der Waals surface area contributed by atoms with Gasteiger partial charge >= 0.3 is 23.9 Å². The van der Waals surface area contributed by atoms with Gasteiger partial charge in [0.2, 0.25) is 11.9 Å². The first-order valence-electron chi connectivity index (χ1n) is 15.3. The molecule has 4 rings (SSSR count). The number of amides is 1. The van der Waals surface area contributed by atoms with Gasteiger partial charge in [0.05, 0.1) is 13.0 Å². The number of carbonyl (C=O) groups is 6. The molecule has 1 aliphatic heterocycles. The van der Waals surface area contributed by atoms with E-state index in [0.29, 0.717) is 5.56 Å². The van der Waals surface area contributed by atoms with Gasteiger partial charge in [-0.15, -0.1) is 0 Å². The van der Waals surface area contributed by atoms with E-state index in [9.17, 15) is 28.8 Å². The SMILES string of the molecule is COc1ccnc(C(=O)N[C@H]2COC(=O)[C@H](Cc3ccccc3)[C@@H](OC(=O)C(C)C)[C@H](C)OC2=O)c1OC(=O)[C@H](OC=O)c1ccccc1. The van der Waals surface area contributed by atoms with Crippen LogP contribution in [-0.2, 0) is 49.3 Å². The molecule has 1 fully saturated rings. The van der Waals surface area contributed by atoms with E-state index in [4.69, 9.17) is 28.4 Å². The number of benzene rings is 2. The van der Waals surface area contributed by atoms with Crippen LogP contribution in [0.3, 0.4) is 0 Å². The van der Waals surface area contributed by atoms with E-state index in [0.717, 1.165) is 5.56 Å². The molecule has 0 spiro atoms. The number of ether oxygens (including phenoxy) is 6. The summed E-state index contributed by atoms with van der Waals surface area (Å²) < 4.78 is 32.6. The molecular formula is C35H36N2O12. The van der Waals surface area contributed by atoms with E-state index in [2.05, 4.69) is 10.3 Å². The molecule has 1 aromatic heterocycles. The molecule has 258 valence electrons. The van der Waals surface area contributed by atoms with Gasteiger partial charge < -0.3 is 33.7 Å². The monoisotopic (exact) mass is 676 g/mol. The van der Waals surface area contributed by atoms with Gasteiger partial charge in [0.15, 0.2) is 23.6 Å². The van der Waals surface area contributed by atoms with Crippen LogP contribution < -0.4 is 14.8 Å². The van der Waals surface area contributed by atoms with Crippen LogP contribution in [0.2, 0.25) is 0 Å². The van der Waals surface area contributed by atoms with E-state index in [1.54, 1.807) is 56.3 Å². The van der Waals surface area contributed by atoms with Crippen LogP contribution >= 0.6 is 0 Å². The van der Waals surface area contributed by atoms with Gasteiger partial charge in [0, 0.05) is 17.8 Å². The minimum Gasteiger partial charge on any atom is -0.493 e. The van der Waals surface area contributed by atoms with E-state index in [1.807, 2.05) is 6.07 Å². The maximum absolute atomic E-state index is 13.6. The van der Waals surface area contributed by atoms with Gasteiger partial charge in [-0.2, -0.15) is 0 Å². The molecule has 14 nitrogen and oxygen atoms in total. The molecule has 49 heavy (non-hydrogen) atoms. The Bertz CT molecular complexity index is 1650. The first-order chi connectivity index (χ1) is 23.5. The summed E-state index contributed by atoms with van der Waals surface area (Å²) in [5.41, 5.74) is 0.556. The second kappa shape index (κ2) is 16.9. The summed E-state index contributed by atoms with van der Waals surface area (Å²) in [6.07, 6.45) is -2.53. The van der Waals surface area contributed by atoms with Crippen LogP contribution in [0.5, 0.6) is 11.5 Å². The number of methoxy groups -OCH3 is 1. The molecule has 1 N–H and O–H groups in total. The van der Waals surface area contributed by atoms with E-state index >= 15 is 0 Å². The lowest BCUT2D eigenvalue weighted by Crippen LogP contribution is -2.47. The van der Waals surface area contributed by atoms with Crippen molar-refractivity contribution in [3.05, 3.63) is 89.7 Å². The highest BCUT2D eigenvalue weighted by atomic mass is 16.6. The predicted molar refractivity (Wildman–Crippen MR) is 169 cm³/mol. The molecule has 0 unspecified atom stereocenters. The van der Waals surface area contributed by atoms with Gasteiger partial charge in [-0.25, -0.2) is 14.6 Å². The van der Waals surface area contributed by atoms with Crippen molar-refractivity contribution in [3.8, 4) is 11.5 Å². The number of esters is 4. The van der Waals surface area contributed by atoms with Gasteiger partial charge in [-0.3, -0.25) is 19.2 Å². The van der Waals surface area contributed by atoms with Crippen molar-refractivity contribution in [2.24, 2.45) is 11.8 Å². The Balaban J connectivity index is 1.60. The van der Waals surface area contributed by atoms with E-state index in [-0.39, 0.29) is 18.6 Å². The number of rotatable bonds is 12. The molecule has 1 aliphatic rings. The number of pyridine rings is 1. The fourth-order valence-corrected chi connectivity index (χ4v) is 4.94. The quantitative estimate of drug-likeness (QED) is 0.168. The summed E-state index contributed by atoms with van der Waals surface area (Å²) in [7, 11) is 1.26. The predicted octanol–water partition coefficient (Wildman–Crippen LogP) is 2.92. The number of nitrogens with zero attached hydrogens (tertiary/aromatic N) is 1. The molecule has 0 radical (unpaired) electrons. The number of hydrogen-bond acceptors (Lipinski definition) is 13. The zero-order valence-electron chi connectivity index (χ0n) is 27.2. The Morgan fingerprint density at radius 2 is 1.65 bits per heavy atom. The fraction of sp³-hybridized carbons (Fsp3) is 0.343. The molecule has 1 amide bonds. The zero-order chi connectivity index (χ0) is 35.5. The van der Waals surface area contributed by atoms with Crippen molar-refractivity contribution >= 4 is 36.3 Å². The zero-order valence-corrected chi connectivity index (χ0v) is 27.2. The summed E-state index contributed by atoms with van der Waals surface area (Å²) in [5.74, 6) is -6.60. The Morgan fingerprint density at radius 3 is 2.29 bits per heavy atom. The highest BCUT2D eigenvalue weighted by Gasteiger charge is 2.42. The number of nitrogens with one attached hydrogen (secondary N) is 1. The Morgan fingerprint density at radius 1 is 0.980 bits per heavy atom. The van der Waals surface area contributed by atoms with Crippen LogP contribution in [0.1, 0.15) is 48.5 Å². The van der Waals surface area contributed by atoms with Gasteiger partial charge in [-0.05, 0) is 18.9 Å². The van der Waals surface area contributed by atoms with Gasteiger partial charge in [-0.1, -0.05) is 74.5 Å². The third-order valence-corrected chi connectivity index (χ3v) is 7.48. The molecule has 0 aliphatic carbocycles. The second-order valence-corrected chi connectivity index (χ2v) is 11.3. The minimum atomic E-state index is -1.55. The topological polar surface area (TPSA) is 183 Å². The lowest BCUT2D eigenvalue weighted by atomic mass is 9.91. The Hall–Kier alpha value is -5.79. The normalized spacial score (nSPS) is 19.9. The van der Waals surface area contributed by atoms with Crippen LogP contribution in [0.25, 0.3) is 0 Å². The summed E-state index contributed by atoms with van der Waals surface area (Å²) >= 11 is 0. The van der Waals surface area contributed by atoms with Gasteiger partial charge in [0.1, 0.15) is 18.6 Å². The second-order valence-electron chi connectivity index (χ2n) is 11.3. The van der Waals surface area contributed by atoms with Crippen molar-refractivity contribution < 1.29 is 57.2 Å². The Labute approximate surface area is 282 Å². The number of carbonyl (C=O) groups excluding carboxylic acids is 6. The molecule has 2 heterocycles. The molecule has 0 bridgehead atoms. The third kappa shape index (κ3) is 9.18. The number of hydrogen-bond donors (Lipinski definition) is 1. The largest absolute Gasteiger partial charge is 0.493 e. The number of aromatic nitrogens is 1. The van der Waals surface area contributed by atoms with Crippen molar-refractivity contribution in [1.82, 2.24) is 10.3 Å². The summed E-state index contributed by atoms with van der Waals surface area (Å²) in [5, 5.41) is 2.42.